The van der Waals surface area contributed by atoms with Crippen molar-refractivity contribution in [3.63, 3.8) is 0 Å². The zero-order valence-corrected chi connectivity index (χ0v) is 10.6. The number of amides is 1. The Morgan fingerprint density at radius 2 is 2.05 bits per heavy atom. The van der Waals surface area contributed by atoms with Gasteiger partial charge < -0.3 is 4.42 Å². The van der Waals surface area contributed by atoms with E-state index < -0.39 is 18.6 Å². The summed E-state index contributed by atoms with van der Waals surface area (Å²) in [5.41, 5.74) is 0. The average Bonchev–Trinajstić information content (AvgIpc) is 2.82. The first-order chi connectivity index (χ1) is 9.37. The number of hydrogen-bond donors (Lipinski definition) is 0. The summed E-state index contributed by atoms with van der Waals surface area (Å²) in [6.07, 6.45) is -3.27. The van der Waals surface area contributed by atoms with Crippen LogP contribution in [-0.2, 0) is 0 Å². The van der Waals surface area contributed by atoms with Gasteiger partial charge in [0.25, 0.3) is 5.91 Å². The van der Waals surface area contributed by atoms with Crippen LogP contribution in [0.25, 0.3) is 0 Å². The smallest absolute Gasteiger partial charge is 0.406 e. The zero-order chi connectivity index (χ0) is 14.8. The lowest BCUT2D eigenvalue weighted by molar-refractivity contribution is -0.118. The summed E-state index contributed by atoms with van der Waals surface area (Å²) in [4.78, 5) is 16.3. The summed E-state index contributed by atoms with van der Waals surface area (Å²) in [7, 11) is 0. The molecule has 20 heavy (non-hydrogen) atoms. The molecule has 0 aliphatic heterocycles. The van der Waals surface area contributed by atoms with Crippen LogP contribution < -0.4 is 4.90 Å². The molecule has 2 aromatic heterocycles. The highest BCUT2D eigenvalue weighted by atomic mass is 35.5. The Hall–Kier alpha value is -2.02. The monoisotopic (exact) mass is 304 g/mol. The summed E-state index contributed by atoms with van der Waals surface area (Å²) in [5, 5.41) is -0.0821. The highest BCUT2D eigenvalue weighted by molar-refractivity contribution is 6.29. The van der Waals surface area contributed by atoms with E-state index in [0.717, 1.165) is 0 Å². The molecular formula is C12H8ClF3N2O2. The molecule has 1 amide bonds. The van der Waals surface area contributed by atoms with Crippen LogP contribution in [0.3, 0.4) is 0 Å². The van der Waals surface area contributed by atoms with Gasteiger partial charge in [-0.2, -0.15) is 13.2 Å². The second-order valence-electron chi connectivity index (χ2n) is 3.80. The molecule has 8 heteroatoms. The van der Waals surface area contributed by atoms with Crippen molar-refractivity contribution in [2.75, 3.05) is 11.4 Å². The van der Waals surface area contributed by atoms with E-state index in [1.54, 1.807) is 0 Å². The number of nitrogens with zero attached hydrogens (tertiary/aromatic N) is 2. The number of halogens is 4. The molecule has 2 heterocycles. The first-order valence-electron chi connectivity index (χ1n) is 5.42. The number of pyridine rings is 1. The van der Waals surface area contributed by atoms with E-state index in [1.807, 2.05) is 0 Å². The number of aromatic nitrogens is 1. The molecular weight excluding hydrogens is 297 g/mol. The van der Waals surface area contributed by atoms with E-state index in [0.29, 0.717) is 4.90 Å². The van der Waals surface area contributed by atoms with Gasteiger partial charge in [0.2, 0.25) is 0 Å². The Morgan fingerprint density at radius 3 is 2.55 bits per heavy atom. The molecule has 0 unspecified atom stereocenters. The molecule has 0 N–H and O–H groups in total. The molecule has 106 valence electrons. The molecule has 0 spiro atoms. The summed E-state index contributed by atoms with van der Waals surface area (Å²) >= 11 is 5.51. The highest BCUT2D eigenvalue weighted by Crippen LogP contribution is 2.23. The Balaban J connectivity index is 2.34. The van der Waals surface area contributed by atoms with Gasteiger partial charge in [-0.05, 0) is 35.9 Å². The molecule has 0 saturated heterocycles. The third-order valence-electron chi connectivity index (χ3n) is 2.29. The van der Waals surface area contributed by atoms with Crippen LogP contribution in [0.4, 0.5) is 19.0 Å². The molecule has 0 bridgehead atoms. The van der Waals surface area contributed by atoms with Crippen molar-refractivity contribution < 1.29 is 22.4 Å². The van der Waals surface area contributed by atoms with Crippen LogP contribution in [0, 0.1) is 0 Å². The van der Waals surface area contributed by atoms with E-state index in [2.05, 4.69) is 4.98 Å². The number of anilines is 1. The van der Waals surface area contributed by atoms with Crippen LogP contribution in [0.2, 0.25) is 5.22 Å². The molecule has 0 aromatic carbocycles. The number of carbonyl (C=O) groups is 1. The normalized spacial score (nSPS) is 11.4. The first kappa shape index (κ1) is 14.4. The van der Waals surface area contributed by atoms with Crippen molar-refractivity contribution in [2.45, 2.75) is 6.18 Å². The topological polar surface area (TPSA) is 46.3 Å². The summed E-state index contributed by atoms with van der Waals surface area (Å²) < 4.78 is 42.6. The lowest BCUT2D eigenvalue weighted by Crippen LogP contribution is -2.39. The van der Waals surface area contributed by atoms with E-state index in [-0.39, 0.29) is 16.8 Å². The maximum absolute atomic E-state index is 12.6. The Labute approximate surface area is 116 Å². The largest absolute Gasteiger partial charge is 0.440 e. The Bertz CT molecular complexity index is 598. The van der Waals surface area contributed by atoms with Crippen LogP contribution in [0.15, 0.2) is 40.9 Å². The van der Waals surface area contributed by atoms with E-state index in [4.69, 9.17) is 16.0 Å². The number of rotatable bonds is 3. The zero-order valence-electron chi connectivity index (χ0n) is 9.89. The maximum atomic E-state index is 12.6. The molecule has 0 saturated carbocycles. The van der Waals surface area contributed by atoms with E-state index in [9.17, 15) is 18.0 Å². The molecule has 4 nitrogen and oxygen atoms in total. The lowest BCUT2D eigenvalue weighted by atomic mass is 10.3. The molecule has 2 aromatic rings. The van der Waals surface area contributed by atoms with Crippen molar-refractivity contribution in [1.82, 2.24) is 4.98 Å². The second kappa shape index (κ2) is 5.54. The number of alkyl halides is 3. The third-order valence-corrected chi connectivity index (χ3v) is 2.50. The fourth-order valence-electron chi connectivity index (χ4n) is 1.51. The fraction of sp³-hybridized carbons (Fsp3) is 0.167. The predicted octanol–water partition coefficient (Wildman–Crippen LogP) is 3.54. The van der Waals surface area contributed by atoms with Crippen molar-refractivity contribution in [1.29, 1.82) is 0 Å². The minimum atomic E-state index is -4.57. The van der Waals surface area contributed by atoms with Crippen LogP contribution in [0.1, 0.15) is 10.6 Å². The average molecular weight is 305 g/mol. The number of hydrogen-bond acceptors (Lipinski definition) is 3. The Morgan fingerprint density at radius 1 is 1.30 bits per heavy atom. The van der Waals surface area contributed by atoms with Gasteiger partial charge in [0.15, 0.2) is 11.0 Å². The quantitative estimate of drug-likeness (QED) is 0.871. The highest BCUT2D eigenvalue weighted by Gasteiger charge is 2.35. The lowest BCUT2D eigenvalue weighted by Gasteiger charge is -2.21. The number of furan rings is 1. The van der Waals surface area contributed by atoms with Gasteiger partial charge in [0.05, 0.1) is 0 Å². The minimum absolute atomic E-state index is 0.0821. The van der Waals surface area contributed by atoms with Gasteiger partial charge in [-0.25, -0.2) is 4.98 Å². The summed E-state index contributed by atoms with van der Waals surface area (Å²) in [6, 6.07) is 6.79. The van der Waals surface area contributed by atoms with Crippen molar-refractivity contribution in [3.05, 3.63) is 47.5 Å². The Kier molecular flexibility index (Phi) is 3.99. The van der Waals surface area contributed by atoms with Crippen LogP contribution >= 0.6 is 11.6 Å². The van der Waals surface area contributed by atoms with Gasteiger partial charge in [0.1, 0.15) is 12.4 Å². The third kappa shape index (κ3) is 3.51. The van der Waals surface area contributed by atoms with Gasteiger partial charge in [-0.15, -0.1) is 0 Å². The maximum Gasteiger partial charge on any atom is 0.406 e. The fourth-order valence-corrected chi connectivity index (χ4v) is 1.66. The number of carbonyl (C=O) groups excluding carboxylic acids is 1. The molecule has 0 fully saturated rings. The SMILES string of the molecule is O=C(c1ccc(Cl)o1)N(CC(F)(F)F)c1ccccn1. The van der Waals surface area contributed by atoms with E-state index in [1.165, 1.54) is 36.5 Å². The van der Waals surface area contributed by atoms with Crippen molar-refractivity contribution >= 4 is 23.3 Å². The molecule has 0 radical (unpaired) electrons. The molecule has 0 aliphatic rings. The summed E-state index contributed by atoms with van der Waals surface area (Å²) in [6.45, 7) is -1.47. The van der Waals surface area contributed by atoms with Crippen molar-refractivity contribution in [2.24, 2.45) is 0 Å². The van der Waals surface area contributed by atoms with Gasteiger partial charge >= 0.3 is 6.18 Å². The van der Waals surface area contributed by atoms with Gasteiger partial charge in [-0.3, -0.25) is 9.69 Å². The van der Waals surface area contributed by atoms with Crippen LogP contribution in [0.5, 0.6) is 0 Å². The molecule has 2 rings (SSSR count). The second-order valence-corrected chi connectivity index (χ2v) is 4.17. The van der Waals surface area contributed by atoms with Crippen LogP contribution in [-0.4, -0.2) is 23.6 Å². The molecule has 0 atom stereocenters. The van der Waals surface area contributed by atoms with E-state index >= 15 is 0 Å². The van der Waals surface area contributed by atoms with Gasteiger partial charge in [-0.1, -0.05) is 6.07 Å². The standard InChI is InChI=1S/C12H8ClF3N2O2/c13-9-5-4-8(20-9)11(19)18(7-12(14,15)16)10-3-1-2-6-17-10/h1-6H,7H2. The van der Waals surface area contributed by atoms with Crippen molar-refractivity contribution in [3.8, 4) is 0 Å². The minimum Gasteiger partial charge on any atom is -0.440 e. The molecule has 0 aliphatic carbocycles. The van der Waals surface area contributed by atoms with Gasteiger partial charge in [0, 0.05) is 6.20 Å². The predicted molar refractivity (Wildman–Crippen MR) is 65.7 cm³/mol. The first-order valence-corrected chi connectivity index (χ1v) is 5.79. The summed E-state index contributed by atoms with van der Waals surface area (Å²) in [5.74, 6) is -1.37.